The highest BCUT2D eigenvalue weighted by Crippen LogP contribution is 2.40. The first-order valence-corrected chi connectivity index (χ1v) is 7.57. The Balaban J connectivity index is 2.15. The summed E-state index contributed by atoms with van der Waals surface area (Å²) in [5.41, 5.74) is 6.17. The summed E-state index contributed by atoms with van der Waals surface area (Å²) in [7, 11) is 0. The van der Waals surface area contributed by atoms with Crippen LogP contribution in [0.15, 0.2) is 28.2 Å². The van der Waals surface area contributed by atoms with Crippen molar-refractivity contribution in [1.29, 1.82) is 0 Å². The topological polar surface area (TPSA) is 51.8 Å². The van der Waals surface area contributed by atoms with Crippen LogP contribution in [0.1, 0.15) is 23.5 Å². The monoisotopic (exact) mass is 271 g/mol. The Morgan fingerprint density at radius 2 is 2.44 bits per heavy atom. The molecule has 2 aromatic rings. The fourth-order valence-corrected chi connectivity index (χ4v) is 4.22. The maximum atomic E-state index is 6.17. The standard InChI is InChI=1S/C10H13N3S3/c1-2-7(11)9(8-4-3-5-14-8)15-10-12-6-13-16-10/h3-7,9H,2,11H2,1H3. The maximum absolute atomic E-state index is 6.17. The summed E-state index contributed by atoms with van der Waals surface area (Å²) in [5, 5.41) is 2.38. The van der Waals surface area contributed by atoms with Crippen molar-refractivity contribution in [2.24, 2.45) is 5.73 Å². The molecular weight excluding hydrogens is 258 g/mol. The Kier molecular flexibility index (Phi) is 4.34. The molecular formula is C10H13N3S3. The Morgan fingerprint density at radius 1 is 1.56 bits per heavy atom. The fourth-order valence-electron chi connectivity index (χ4n) is 1.35. The number of nitrogens with two attached hydrogens (primary N) is 1. The van der Waals surface area contributed by atoms with Crippen LogP contribution in [0, 0.1) is 0 Å². The molecule has 0 amide bonds. The average Bonchev–Trinajstić information content (AvgIpc) is 2.97. The van der Waals surface area contributed by atoms with Gasteiger partial charge in [0.15, 0.2) is 4.34 Å². The third kappa shape index (κ3) is 2.82. The van der Waals surface area contributed by atoms with E-state index in [2.05, 4.69) is 33.8 Å². The Bertz CT molecular complexity index is 399. The highest BCUT2D eigenvalue weighted by atomic mass is 32.2. The van der Waals surface area contributed by atoms with E-state index >= 15 is 0 Å². The van der Waals surface area contributed by atoms with E-state index in [1.807, 2.05) is 0 Å². The summed E-state index contributed by atoms with van der Waals surface area (Å²) >= 11 is 4.90. The lowest BCUT2D eigenvalue weighted by molar-refractivity contribution is 0.640. The quantitative estimate of drug-likeness (QED) is 0.849. The smallest absolute Gasteiger partial charge is 0.170 e. The van der Waals surface area contributed by atoms with Crippen molar-refractivity contribution in [3.8, 4) is 0 Å². The molecule has 0 saturated heterocycles. The fraction of sp³-hybridized carbons (Fsp3) is 0.400. The molecule has 86 valence electrons. The molecule has 0 aromatic carbocycles. The second-order valence-electron chi connectivity index (χ2n) is 3.33. The number of hydrogen-bond donors (Lipinski definition) is 1. The van der Waals surface area contributed by atoms with Gasteiger partial charge < -0.3 is 5.73 Å². The number of aromatic nitrogens is 2. The summed E-state index contributed by atoms with van der Waals surface area (Å²) in [6.07, 6.45) is 2.56. The van der Waals surface area contributed by atoms with Crippen molar-refractivity contribution in [3.05, 3.63) is 28.7 Å². The van der Waals surface area contributed by atoms with Gasteiger partial charge in [0.05, 0.1) is 5.25 Å². The highest BCUT2D eigenvalue weighted by Gasteiger charge is 2.22. The van der Waals surface area contributed by atoms with Crippen LogP contribution >= 0.6 is 34.6 Å². The van der Waals surface area contributed by atoms with Gasteiger partial charge in [0, 0.05) is 10.9 Å². The molecule has 3 nitrogen and oxygen atoms in total. The SMILES string of the molecule is CCC(N)C(Sc1ncns1)c1cccs1. The minimum Gasteiger partial charge on any atom is -0.326 e. The summed E-state index contributed by atoms with van der Waals surface area (Å²) in [6, 6.07) is 4.36. The number of rotatable bonds is 5. The van der Waals surface area contributed by atoms with E-state index in [9.17, 15) is 0 Å². The third-order valence-corrected chi connectivity index (χ3v) is 5.50. The van der Waals surface area contributed by atoms with E-state index in [1.54, 1.807) is 29.4 Å². The van der Waals surface area contributed by atoms with Crippen LogP contribution in [-0.2, 0) is 0 Å². The zero-order valence-electron chi connectivity index (χ0n) is 8.87. The van der Waals surface area contributed by atoms with E-state index in [0.29, 0.717) is 0 Å². The van der Waals surface area contributed by atoms with E-state index in [1.165, 1.54) is 16.4 Å². The molecule has 2 heterocycles. The normalized spacial score (nSPS) is 14.9. The zero-order chi connectivity index (χ0) is 11.4. The molecule has 0 bridgehead atoms. The minimum atomic E-state index is 0.160. The Labute approximate surface area is 107 Å². The third-order valence-electron chi connectivity index (χ3n) is 2.25. The van der Waals surface area contributed by atoms with Gasteiger partial charge in [-0.2, -0.15) is 4.37 Å². The van der Waals surface area contributed by atoms with Crippen molar-refractivity contribution < 1.29 is 0 Å². The van der Waals surface area contributed by atoms with E-state index < -0.39 is 0 Å². The molecule has 2 N–H and O–H groups in total. The lowest BCUT2D eigenvalue weighted by Gasteiger charge is -2.19. The van der Waals surface area contributed by atoms with Crippen molar-refractivity contribution in [2.75, 3.05) is 0 Å². The lowest BCUT2D eigenvalue weighted by atomic mass is 10.1. The van der Waals surface area contributed by atoms with Gasteiger partial charge in [-0.1, -0.05) is 24.8 Å². The predicted octanol–water partition coefficient (Wildman–Crippen LogP) is 3.17. The van der Waals surface area contributed by atoms with Crippen molar-refractivity contribution in [2.45, 2.75) is 29.0 Å². The first-order valence-electron chi connectivity index (χ1n) is 5.03. The number of thiophene rings is 1. The van der Waals surface area contributed by atoms with Crippen LogP contribution in [0.4, 0.5) is 0 Å². The number of hydrogen-bond acceptors (Lipinski definition) is 6. The molecule has 2 rings (SSSR count). The lowest BCUT2D eigenvalue weighted by Crippen LogP contribution is -2.25. The first kappa shape index (κ1) is 12.0. The summed E-state index contributed by atoms with van der Waals surface area (Å²) in [6.45, 7) is 2.12. The number of nitrogens with zero attached hydrogens (tertiary/aromatic N) is 2. The van der Waals surface area contributed by atoms with Crippen molar-refractivity contribution >= 4 is 34.6 Å². The van der Waals surface area contributed by atoms with Gasteiger partial charge in [0.1, 0.15) is 6.33 Å². The van der Waals surface area contributed by atoms with Crippen LogP contribution in [0.25, 0.3) is 0 Å². The molecule has 0 aliphatic carbocycles. The van der Waals surface area contributed by atoms with Crippen molar-refractivity contribution in [3.63, 3.8) is 0 Å². The minimum absolute atomic E-state index is 0.160. The second kappa shape index (κ2) is 5.77. The molecule has 6 heteroatoms. The largest absolute Gasteiger partial charge is 0.326 e. The van der Waals surface area contributed by atoms with E-state index in [4.69, 9.17) is 5.73 Å². The molecule has 0 aliphatic rings. The second-order valence-corrected chi connectivity index (χ2v) is 6.48. The predicted molar refractivity (Wildman–Crippen MR) is 71.1 cm³/mol. The zero-order valence-corrected chi connectivity index (χ0v) is 11.3. The molecule has 2 unspecified atom stereocenters. The van der Waals surface area contributed by atoms with Gasteiger partial charge in [-0.3, -0.25) is 0 Å². The molecule has 2 aromatic heterocycles. The van der Waals surface area contributed by atoms with Gasteiger partial charge >= 0.3 is 0 Å². The average molecular weight is 271 g/mol. The number of thioether (sulfide) groups is 1. The summed E-state index contributed by atoms with van der Waals surface area (Å²) in [4.78, 5) is 5.52. The van der Waals surface area contributed by atoms with Gasteiger partial charge in [-0.05, 0) is 29.4 Å². The van der Waals surface area contributed by atoms with Gasteiger partial charge in [-0.25, -0.2) is 4.98 Å². The van der Waals surface area contributed by atoms with Crippen LogP contribution in [0.2, 0.25) is 0 Å². The molecule has 2 atom stereocenters. The summed E-state index contributed by atoms with van der Waals surface area (Å²) in [5.74, 6) is 0. The van der Waals surface area contributed by atoms with Gasteiger partial charge in [0.2, 0.25) is 0 Å². The van der Waals surface area contributed by atoms with Gasteiger partial charge in [-0.15, -0.1) is 11.3 Å². The Morgan fingerprint density at radius 3 is 3.00 bits per heavy atom. The van der Waals surface area contributed by atoms with Crippen LogP contribution in [0.5, 0.6) is 0 Å². The van der Waals surface area contributed by atoms with Crippen LogP contribution < -0.4 is 5.73 Å². The van der Waals surface area contributed by atoms with Crippen LogP contribution in [-0.4, -0.2) is 15.4 Å². The molecule has 0 spiro atoms. The van der Waals surface area contributed by atoms with Crippen LogP contribution in [0.3, 0.4) is 0 Å². The molecule has 0 aliphatic heterocycles. The maximum Gasteiger partial charge on any atom is 0.170 e. The van der Waals surface area contributed by atoms with E-state index in [0.717, 1.165) is 10.8 Å². The molecule has 16 heavy (non-hydrogen) atoms. The highest BCUT2D eigenvalue weighted by molar-refractivity contribution is 8.01. The Hall–Kier alpha value is -0.430. The first-order chi connectivity index (χ1) is 7.81. The molecule has 0 radical (unpaired) electrons. The van der Waals surface area contributed by atoms with Gasteiger partial charge in [0.25, 0.3) is 0 Å². The van der Waals surface area contributed by atoms with E-state index in [-0.39, 0.29) is 11.3 Å². The van der Waals surface area contributed by atoms with Crippen molar-refractivity contribution in [1.82, 2.24) is 9.36 Å². The molecule has 0 fully saturated rings. The molecule has 0 saturated carbocycles. The summed E-state index contributed by atoms with van der Waals surface area (Å²) < 4.78 is 5.00.